The van der Waals surface area contributed by atoms with E-state index in [1.54, 1.807) is 12.1 Å². The normalized spacial score (nSPS) is 19.4. The Hall–Kier alpha value is -1.72. The van der Waals surface area contributed by atoms with E-state index in [9.17, 15) is 4.79 Å². The van der Waals surface area contributed by atoms with E-state index in [2.05, 4.69) is 11.9 Å². The first kappa shape index (κ1) is 16.1. The fourth-order valence-corrected chi connectivity index (χ4v) is 3.29. The van der Waals surface area contributed by atoms with Gasteiger partial charge >= 0.3 is 0 Å². The van der Waals surface area contributed by atoms with Crippen molar-refractivity contribution in [1.82, 2.24) is 10.2 Å². The highest BCUT2D eigenvalue weighted by Gasteiger charge is 2.29. The standard InChI is InChI=1S/C17H21ClN2O3/c1-2-7-20-13(3-4-17(20)21)5-6-19-10-12-8-15-16(9-14(12)18)23-11-22-15/h2,8-9,13,19H,1,3-7,10-11H2. The van der Waals surface area contributed by atoms with Gasteiger partial charge in [0.1, 0.15) is 0 Å². The molecule has 1 amide bonds. The van der Waals surface area contributed by atoms with E-state index in [0.29, 0.717) is 36.3 Å². The van der Waals surface area contributed by atoms with Gasteiger partial charge in [0.15, 0.2) is 11.5 Å². The number of carbonyl (C=O) groups is 1. The zero-order chi connectivity index (χ0) is 16.2. The van der Waals surface area contributed by atoms with Crippen LogP contribution in [0, 0.1) is 0 Å². The number of hydrogen-bond donors (Lipinski definition) is 1. The average molecular weight is 337 g/mol. The molecule has 0 aliphatic carbocycles. The molecule has 124 valence electrons. The minimum absolute atomic E-state index is 0.230. The van der Waals surface area contributed by atoms with Crippen molar-refractivity contribution in [3.63, 3.8) is 0 Å². The first-order valence-corrected chi connectivity index (χ1v) is 8.26. The lowest BCUT2D eigenvalue weighted by molar-refractivity contribution is -0.128. The van der Waals surface area contributed by atoms with Gasteiger partial charge < -0.3 is 19.7 Å². The van der Waals surface area contributed by atoms with E-state index in [0.717, 1.165) is 30.7 Å². The third kappa shape index (κ3) is 3.62. The number of likely N-dealkylation sites (tertiary alicyclic amines) is 1. The molecule has 0 aromatic heterocycles. The summed E-state index contributed by atoms with van der Waals surface area (Å²) >= 11 is 6.26. The molecule has 2 heterocycles. The zero-order valence-electron chi connectivity index (χ0n) is 13.0. The van der Waals surface area contributed by atoms with Gasteiger partial charge in [-0.05, 0) is 31.0 Å². The third-order valence-corrected chi connectivity index (χ3v) is 4.64. The fraction of sp³-hybridized carbons (Fsp3) is 0.471. The Bertz CT molecular complexity index is 606. The summed E-state index contributed by atoms with van der Waals surface area (Å²) in [6, 6.07) is 4.02. The molecule has 1 aromatic carbocycles. The van der Waals surface area contributed by atoms with E-state index in [-0.39, 0.29) is 12.7 Å². The number of rotatable bonds is 7. The number of nitrogens with zero attached hydrogens (tertiary/aromatic N) is 1. The molecule has 1 fully saturated rings. The maximum Gasteiger partial charge on any atom is 0.231 e. The van der Waals surface area contributed by atoms with Crippen LogP contribution < -0.4 is 14.8 Å². The summed E-state index contributed by atoms with van der Waals surface area (Å²) in [6.07, 6.45) is 4.30. The van der Waals surface area contributed by atoms with Crippen LogP contribution in [-0.2, 0) is 11.3 Å². The predicted octanol–water partition coefficient (Wildman–Crippen LogP) is 2.73. The first-order chi connectivity index (χ1) is 11.2. The van der Waals surface area contributed by atoms with Crippen LogP contribution in [0.5, 0.6) is 11.5 Å². The number of ether oxygens (including phenoxy) is 2. The van der Waals surface area contributed by atoms with Crippen LogP contribution in [-0.4, -0.2) is 36.7 Å². The third-order valence-electron chi connectivity index (χ3n) is 4.29. The van der Waals surface area contributed by atoms with Gasteiger partial charge in [0.2, 0.25) is 12.7 Å². The number of benzene rings is 1. The molecule has 1 unspecified atom stereocenters. The molecule has 0 saturated carbocycles. The monoisotopic (exact) mass is 336 g/mol. The van der Waals surface area contributed by atoms with E-state index in [4.69, 9.17) is 21.1 Å². The van der Waals surface area contributed by atoms with Gasteiger partial charge in [-0.3, -0.25) is 4.79 Å². The zero-order valence-corrected chi connectivity index (χ0v) is 13.8. The molecule has 0 radical (unpaired) electrons. The highest BCUT2D eigenvalue weighted by atomic mass is 35.5. The minimum atomic E-state index is 0.230. The molecular formula is C17H21ClN2O3. The summed E-state index contributed by atoms with van der Waals surface area (Å²) in [5, 5.41) is 4.07. The Kier molecular flexibility index (Phi) is 5.08. The second-order valence-corrected chi connectivity index (χ2v) is 6.20. The van der Waals surface area contributed by atoms with Crippen molar-refractivity contribution in [2.45, 2.75) is 31.8 Å². The van der Waals surface area contributed by atoms with Crippen LogP contribution in [0.25, 0.3) is 0 Å². The molecule has 23 heavy (non-hydrogen) atoms. The highest BCUT2D eigenvalue weighted by Crippen LogP contribution is 2.36. The number of carbonyl (C=O) groups excluding carboxylic acids is 1. The van der Waals surface area contributed by atoms with Gasteiger partial charge in [-0.1, -0.05) is 17.7 Å². The van der Waals surface area contributed by atoms with Crippen molar-refractivity contribution in [2.24, 2.45) is 0 Å². The second kappa shape index (κ2) is 7.23. The van der Waals surface area contributed by atoms with Crippen LogP contribution in [0.3, 0.4) is 0 Å². The summed E-state index contributed by atoms with van der Waals surface area (Å²) < 4.78 is 10.7. The Balaban J connectivity index is 1.48. The van der Waals surface area contributed by atoms with Crippen molar-refractivity contribution in [3.8, 4) is 11.5 Å². The van der Waals surface area contributed by atoms with Gasteiger partial charge in [0.25, 0.3) is 0 Å². The minimum Gasteiger partial charge on any atom is -0.454 e. The molecular weight excluding hydrogens is 316 g/mol. The number of amides is 1. The summed E-state index contributed by atoms with van der Waals surface area (Å²) in [5.74, 6) is 1.67. The predicted molar refractivity (Wildman–Crippen MR) is 88.8 cm³/mol. The molecule has 1 saturated heterocycles. The molecule has 6 heteroatoms. The number of hydrogen-bond acceptors (Lipinski definition) is 4. The Morgan fingerprint density at radius 3 is 2.96 bits per heavy atom. The Morgan fingerprint density at radius 1 is 1.39 bits per heavy atom. The lowest BCUT2D eigenvalue weighted by Gasteiger charge is -2.23. The molecule has 1 aromatic rings. The smallest absolute Gasteiger partial charge is 0.231 e. The summed E-state index contributed by atoms with van der Waals surface area (Å²) in [4.78, 5) is 13.7. The number of fused-ring (bicyclic) bond motifs is 1. The Morgan fingerprint density at radius 2 is 2.17 bits per heavy atom. The van der Waals surface area contributed by atoms with Crippen LogP contribution >= 0.6 is 11.6 Å². The van der Waals surface area contributed by atoms with Gasteiger partial charge in [-0.2, -0.15) is 0 Å². The van der Waals surface area contributed by atoms with Crippen LogP contribution in [0.4, 0.5) is 0 Å². The van der Waals surface area contributed by atoms with Crippen LogP contribution in [0.15, 0.2) is 24.8 Å². The highest BCUT2D eigenvalue weighted by molar-refractivity contribution is 6.31. The van der Waals surface area contributed by atoms with Crippen LogP contribution in [0.2, 0.25) is 5.02 Å². The van der Waals surface area contributed by atoms with E-state index in [1.165, 1.54) is 0 Å². The molecule has 1 atom stereocenters. The van der Waals surface area contributed by atoms with Gasteiger partial charge in [0, 0.05) is 36.6 Å². The van der Waals surface area contributed by atoms with Gasteiger partial charge in [-0.15, -0.1) is 6.58 Å². The number of halogens is 1. The van der Waals surface area contributed by atoms with Crippen LogP contribution in [0.1, 0.15) is 24.8 Å². The van der Waals surface area contributed by atoms with Crippen molar-refractivity contribution in [1.29, 1.82) is 0 Å². The fourth-order valence-electron chi connectivity index (χ4n) is 3.07. The van der Waals surface area contributed by atoms with E-state index in [1.807, 2.05) is 11.0 Å². The SMILES string of the molecule is C=CCN1C(=O)CCC1CCNCc1cc2c(cc1Cl)OCO2. The van der Waals surface area contributed by atoms with Gasteiger partial charge in [0.05, 0.1) is 0 Å². The maximum absolute atomic E-state index is 11.8. The van der Waals surface area contributed by atoms with E-state index >= 15 is 0 Å². The van der Waals surface area contributed by atoms with E-state index < -0.39 is 0 Å². The Labute approximate surface area is 141 Å². The topological polar surface area (TPSA) is 50.8 Å². The summed E-state index contributed by atoms with van der Waals surface area (Å²) in [7, 11) is 0. The molecule has 1 N–H and O–H groups in total. The quantitative estimate of drug-likeness (QED) is 0.614. The molecule has 2 aliphatic rings. The average Bonchev–Trinajstić information content (AvgIpc) is 3.12. The molecule has 0 bridgehead atoms. The van der Waals surface area contributed by atoms with Gasteiger partial charge in [-0.25, -0.2) is 0 Å². The lowest BCUT2D eigenvalue weighted by atomic mass is 10.1. The molecule has 0 spiro atoms. The second-order valence-electron chi connectivity index (χ2n) is 5.79. The number of nitrogens with one attached hydrogen (secondary N) is 1. The van der Waals surface area contributed by atoms with Crippen molar-refractivity contribution >= 4 is 17.5 Å². The summed E-state index contributed by atoms with van der Waals surface area (Å²) in [6.45, 7) is 6.10. The maximum atomic E-state index is 11.8. The molecule has 2 aliphatic heterocycles. The molecule has 5 nitrogen and oxygen atoms in total. The van der Waals surface area contributed by atoms with Crippen molar-refractivity contribution in [3.05, 3.63) is 35.4 Å². The first-order valence-electron chi connectivity index (χ1n) is 7.88. The largest absolute Gasteiger partial charge is 0.454 e. The van der Waals surface area contributed by atoms with Crippen molar-refractivity contribution < 1.29 is 14.3 Å². The molecule has 3 rings (SSSR count). The lowest BCUT2D eigenvalue weighted by Crippen LogP contribution is -2.35. The van der Waals surface area contributed by atoms with Crippen molar-refractivity contribution in [2.75, 3.05) is 19.9 Å². The summed E-state index contributed by atoms with van der Waals surface area (Å²) in [5.41, 5.74) is 0.987.